The average molecular weight is 222 g/mol. The van der Waals surface area contributed by atoms with Crippen molar-refractivity contribution in [1.82, 2.24) is 0 Å². The minimum absolute atomic E-state index is 0. The molecular formula is H4CaO5SZn. The van der Waals surface area contributed by atoms with Crippen molar-refractivity contribution in [3.8, 4) is 0 Å². The van der Waals surface area contributed by atoms with Gasteiger partial charge in [-0.15, -0.1) is 0 Å². The van der Waals surface area contributed by atoms with Gasteiger partial charge in [-0.25, -0.2) is 0 Å². The Labute approximate surface area is 89.3 Å². The van der Waals surface area contributed by atoms with Crippen LogP contribution in [0.25, 0.3) is 0 Å². The van der Waals surface area contributed by atoms with Gasteiger partial charge < -0.3 is 2.85 Å². The van der Waals surface area contributed by atoms with Crippen LogP contribution < -0.4 is 0 Å². The van der Waals surface area contributed by atoms with Gasteiger partial charge in [-0.3, -0.25) is 9.11 Å². The summed E-state index contributed by atoms with van der Waals surface area (Å²) in [5, 5.41) is 0. The topological polar surface area (TPSA) is 91.7 Å². The van der Waals surface area contributed by atoms with Crippen LogP contribution in [0.15, 0.2) is 0 Å². The first-order valence-corrected chi connectivity index (χ1v) is 3.60. The Morgan fingerprint density at radius 3 is 1.25 bits per heavy atom. The van der Waals surface area contributed by atoms with Gasteiger partial charge in [0.05, 0.1) is 0 Å². The summed E-state index contributed by atoms with van der Waals surface area (Å²) in [6.45, 7) is 0. The summed E-state index contributed by atoms with van der Waals surface area (Å²) < 4.78 is 40.0. The van der Waals surface area contributed by atoms with Crippen LogP contribution in [-0.2, 0) is 32.2 Å². The predicted octanol–water partition coefficient (Wildman–Crippen LogP) is -0.930. The molecule has 0 fully saturated rings. The van der Waals surface area contributed by atoms with E-state index >= 15 is 0 Å². The molecule has 0 saturated heterocycles. The monoisotopic (exact) mass is 220 g/mol. The SMILES string of the molecule is O=S(=O)(O)O.[Ca+2].[H-].[H-].[O]=[Zn]. The van der Waals surface area contributed by atoms with E-state index in [0.29, 0.717) is 0 Å². The fourth-order valence-corrected chi connectivity index (χ4v) is 0. The van der Waals surface area contributed by atoms with Gasteiger partial charge in [-0.1, -0.05) is 0 Å². The van der Waals surface area contributed by atoms with Gasteiger partial charge in [0.2, 0.25) is 0 Å². The van der Waals surface area contributed by atoms with Crippen molar-refractivity contribution in [3.63, 3.8) is 0 Å². The molecule has 0 aromatic heterocycles. The Hall–Kier alpha value is 1.55. The molecule has 0 aliphatic rings. The molecule has 0 rings (SSSR count). The Bertz CT molecular complexity index is 114. The molecule has 8 heavy (non-hydrogen) atoms. The zero-order chi connectivity index (χ0) is 6.50. The molecule has 8 heteroatoms. The maximum absolute atomic E-state index is 8.74. The van der Waals surface area contributed by atoms with E-state index in [1.54, 1.807) is 0 Å². The quantitative estimate of drug-likeness (QED) is 0.407. The summed E-state index contributed by atoms with van der Waals surface area (Å²) in [5.74, 6) is 0. The van der Waals surface area contributed by atoms with Crippen molar-refractivity contribution in [3.05, 3.63) is 0 Å². The minimum atomic E-state index is -4.67. The van der Waals surface area contributed by atoms with Crippen molar-refractivity contribution in [2.45, 2.75) is 0 Å². The molecule has 0 spiro atoms. The molecular weight excluding hydrogens is 218 g/mol. The second-order valence-electron chi connectivity index (χ2n) is 0.448. The Morgan fingerprint density at radius 2 is 1.25 bits per heavy atom. The van der Waals surface area contributed by atoms with E-state index < -0.39 is 10.4 Å². The van der Waals surface area contributed by atoms with Crippen molar-refractivity contribution < 1.29 is 42.2 Å². The average Bonchev–Trinajstić information content (AvgIpc) is 1.36. The van der Waals surface area contributed by atoms with Gasteiger partial charge in [0.15, 0.2) is 0 Å². The zero-order valence-electron chi connectivity index (χ0n) is 5.94. The van der Waals surface area contributed by atoms with Gasteiger partial charge in [0, 0.05) is 0 Å². The zero-order valence-corrected chi connectivity index (χ0v) is 9.93. The number of hydrogen-bond acceptors (Lipinski definition) is 3. The van der Waals surface area contributed by atoms with E-state index in [1.165, 1.54) is 0 Å². The first-order valence-electron chi connectivity index (χ1n) is 0.987. The van der Waals surface area contributed by atoms with Gasteiger partial charge in [-0.2, -0.15) is 8.42 Å². The Balaban J connectivity index is -0.0000000154. The molecule has 0 heterocycles. The molecule has 0 aromatic carbocycles. The molecule has 44 valence electrons. The third-order valence-corrected chi connectivity index (χ3v) is 0. The molecule has 0 saturated carbocycles. The van der Waals surface area contributed by atoms with E-state index in [9.17, 15) is 0 Å². The van der Waals surface area contributed by atoms with Crippen molar-refractivity contribution in [2.24, 2.45) is 0 Å². The summed E-state index contributed by atoms with van der Waals surface area (Å²) in [5.41, 5.74) is 0. The fourth-order valence-electron chi connectivity index (χ4n) is 0. The second-order valence-corrected chi connectivity index (χ2v) is 1.34. The van der Waals surface area contributed by atoms with Crippen molar-refractivity contribution in [2.75, 3.05) is 0 Å². The molecule has 0 atom stereocenters. The summed E-state index contributed by atoms with van der Waals surface area (Å²) in [6, 6.07) is 0. The van der Waals surface area contributed by atoms with Crippen LogP contribution in [0, 0.1) is 0 Å². The van der Waals surface area contributed by atoms with E-state index in [1.807, 2.05) is 0 Å². The summed E-state index contributed by atoms with van der Waals surface area (Å²) >= 11 is 0.125. The van der Waals surface area contributed by atoms with Gasteiger partial charge in [0.25, 0.3) is 0 Å². The molecule has 0 aliphatic carbocycles. The van der Waals surface area contributed by atoms with Crippen LogP contribution in [0.2, 0.25) is 0 Å². The maximum atomic E-state index is 8.74. The molecule has 5 nitrogen and oxygen atoms in total. The summed E-state index contributed by atoms with van der Waals surface area (Å²) in [7, 11) is -4.67. The van der Waals surface area contributed by atoms with Crippen molar-refractivity contribution >= 4 is 48.1 Å². The Kier molecular flexibility index (Phi) is 17.4. The molecule has 0 aromatic rings. The molecule has 0 bridgehead atoms. The van der Waals surface area contributed by atoms with E-state index in [-0.39, 0.29) is 58.8 Å². The first-order chi connectivity index (χ1) is 3.00. The number of rotatable bonds is 0. The normalized spacial score (nSPS) is 8.00. The molecule has 0 unspecified atom stereocenters. The van der Waals surface area contributed by atoms with Crippen LogP contribution in [0.5, 0.6) is 0 Å². The third kappa shape index (κ3) is 134. The van der Waals surface area contributed by atoms with Crippen molar-refractivity contribution in [1.29, 1.82) is 0 Å². The van der Waals surface area contributed by atoms with Crippen LogP contribution >= 0.6 is 0 Å². The van der Waals surface area contributed by atoms with E-state index in [2.05, 4.69) is 0 Å². The van der Waals surface area contributed by atoms with Gasteiger partial charge >= 0.3 is 70.0 Å². The first kappa shape index (κ1) is 16.3. The third-order valence-electron chi connectivity index (χ3n) is 0. The molecule has 0 radical (unpaired) electrons. The summed E-state index contributed by atoms with van der Waals surface area (Å²) in [6.07, 6.45) is 0. The van der Waals surface area contributed by atoms with Crippen LogP contribution in [-0.4, -0.2) is 55.3 Å². The summed E-state index contributed by atoms with van der Waals surface area (Å²) in [4.78, 5) is 0. The van der Waals surface area contributed by atoms with E-state index in [4.69, 9.17) is 21.1 Å². The van der Waals surface area contributed by atoms with E-state index in [0.717, 1.165) is 0 Å². The van der Waals surface area contributed by atoms with Crippen LogP contribution in [0.4, 0.5) is 0 Å². The fraction of sp³-hybridized carbons (Fsp3) is 0. The second kappa shape index (κ2) is 8.55. The standard InChI is InChI=1S/Ca.H2O4S.O.Zn.2H/c;1-5(2,3)4;;;;/h;(H2,1,2,3,4);;;;/q+2;;;;2*-1. The predicted molar refractivity (Wildman–Crippen MR) is 22.8 cm³/mol. The number of hydrogen-bond donors (Lipinski definition) is 2. The molecule has 2 N–H and O–H groups in total. The Morgan fingerprint density at radius 1 is 1.25 bits per heavy atom. The van der Waals surface area contributed by atoms with Gasteiger partial charge in [-0.05, 0) is 0 Å². The van der Waals surface area contributed by atoms with Crippen LogP contribution in [0.3, 0.4) is 0 Å². The van der Waals surface area contributed by atoms with Crippen LogP contribution in [0.1, 0.15) is 2.85 Å². The molecule has 0 amide bonds. The van der Waals surface area contributed by atoms with Gasteiger partial charge in [0.1, 0.15) is 0 Å². The molecule has 0 aliphatic heterocycles.